The first-order valence-electron chi connectivity index (χ1n) is 1.87. The first-order valence-corrected chi connectivity index (χ1v) is 0.716. The van der Waals surface area contributed by atoms with E-state index in [1.54, 1.807) is 0 Å². The van der Waals surface area contributed by atoms with Gasteiger partial charge in [-0.05, 0) is 0 Å². The lowest BCUT2D eigenvalue weighted by atomic mass is 10.9. The highest BCUT2D eigenvalue weighted by molar-refractivity contribution is 5.62. The third-order valence-corrected chi connectivity index (χ3v) is 0. The number of carboxylic acid groups (broad SMARTS) is 1. The Labute approximate surface area is 26.9 Å². The van der Waals surface area contributed by atoms with E-state index in [4.69, 9.17) is 7.85 Å². The molecule has 0 aliphatic heterocycles. The van der Waals surface area contributed by atoms with Gasteiger partial charge in [0.05, 0.1) is 0 Å². The highest BCUT2D eigenvalue weighted by Gasteiger charge is 1.65. The van der Waals surface area contributed by atoms with Crippen LogP contribution in [-0.4, -0.2) is 11.1 Å². The van der Waals surface area contributed by atoms with Crippen LogP contribution in [0.5, 0.6) is 0 Å². The Kier molecular flexibility index (Phi) is 0.232. The third-order valence-electron chi connectivity index (χ3n) is 0. The van der Waals surface area contributed by atoms with Gasteiger partial charge >= 0.3 is 0 Å². The fourth-order valence-electron chi connectivity index (χ4n) is 0. The van der Waals surface area contributed by atoms with E-state index in [1.807, 2.05) is 0 Å². The molecule has 0 radical (unpaired) electrons. The van der Waals surface area contributed by atoms with Crippen molar-refractivity contribution in [3.8, 4) is 0 Å². The van der Waals surface area contributed by atoms with Crippen molar-refractivity contribution >= 4 is 5.97 Å². The van der Waals surface area contributed by atoms with Crippen LogP contribution in [0.15, 0.2) is 0 Å². The van der Waals surface area contributed by atoms with E-state index in [0.29, 0.717) is 0 Å². The van der Waals surface area contributed by atoms with E-state index in [1.165, 1.54) is 0 Å². The van der Waals surface area contributed by atoms with Crippen molar-refractivity contribution < 1.29 is 12.6 Å². The fraction of sp³-hybridized carbons (Fsp3) is 0.500. The zero-order chi connectivity index (χ0) is 5.15. The summed E-state index contributed by atoms with van der Waals surface area (Å²) in [6.07, 6.45) is 0. The van der Waals surface area contributed by atoms with Crippen LogP contribution in [0.2, 0.25) is 0 Å². The molecule has 0 aromatic carbocycles. The third kappa shape index (κ3) is 1.16. The Morgan fingerprint density at radius 2 is 2.75 bits per heavy atom. The van der Waals surface area contributed by atoms with E-state index in [2.05, 4.69) is 0 Å². The summed E-state index contributed by atoms with van der Waals surface area (Å²) in [5.41, 5.74) is 0. The van der Waals surface area contributed by atoms with E-state index in [9.17, 15) is 4.79 Å². The number of carboxylic acids is 1. The summed E-state index contributed by atoms with van der Waals surface area (Å²) in [7, 11) is 0. The average Bonchev–Trinajstić information content (AvgIpc) is 1.36. The summed E-state index contributed by atoms with van der Waals surface area (Å²) in [5, 5.41) is 7.62. The predicted molar refractivity (Wildman–Crippen MR) is 13.3 cm³/mol. The molecule has 24 valence electrons. The number of carbonyl (C=O) groups is 1. The molecule has 0 saturated carbocycles. The monoisotopic (exact) mass is 62.0 g/mol. The summed E-state index contributed by atoms with van der Waals surface area (Å²) < 4.78 is 12.2. The molecule has 0 aliphatic carbocycles. The molecule has 0 aliphatic rings. The first-order chi connectivity index (χ1) is 2.64. The minimum Gasteiger partial charge on any atom is -0.481 e. The molecule has 2 heteroatoms. The maximum Gasteiger partial charge on any atom is 0.300 e. The Bertz CT molecular complexity index is 60.6. The van der Waals surface area contributed by atoms with Crippen molar-refractivity contribution in [3.63, 3.8) is 0 Å². The van der Waals surface area contributed by atoms with Crippen LogP contribution in [0, 0.1) is 0 Å². The SMILES string of the molecule is [2H]C([2H])C(=O)O. The Balaban J connectivity index is 3.26. The van der Waals surface area contributed by atoms with Crippen molar-refractivity contribution in [2.75, 3.05) is 0 Å². The van der Waals surface area contributed by atoms with E-state index < -0.39 is 12.8 Å². The van der Waals surface area contributed by atoms with Gasteiger partial charge < -0.3 is 5.11 Å². The number of rotatable bonds is 0. The average molecular weight is 62.1 g/mol. The lowest BCUT2D eigenvalue weighted by molar-refractivity contribution is -0.134. The van der Waals surface area contributed by atoms with Crippen LogP contribution in [0.3, 0.4) is 0 Å². The second-order valence-electron chi connectivity index (χ2n) is 0.338. The van der Waals surface area contributed by atoms with Gasteiger partial charge in [-0.25, -0.2) is 0 Å². The van der Waals surface area contributed by atoms with Crippen LogP contribution in [0.25, 0.3) is 0 Å². The second-order valence-corrected chi connectivity index (χ2v) is 0.338. The minimum atomic E-state index is -1.73. The minimum absolute atomic E-state index is 1.41. The van der Waals surface area contributed by atoms with Gasteiger partial charge in [0, 0.05) is 9.62 Å². The van der Waals surface area contributed by atoms with Crippen molar-refractivity contribution in [1.82, 2.24) is 0 Å². The van der Waals surface area contributed by atoms with Crippen molar-refractivity contribution in [2.24, 2.45) is 0 Å². The summed E-state index contributed by atoms with van der Waals surface area (Å²) in [6, 6.07) is 0. The molecule has 0 rings (SSSR count). The van der Waals surface area contributed by atoms with Gasteiger partial charge in [-0.15, -0.1) is 0 Å². The summed E-state index contributed by atoms with van der Waals surface area (Å²) in [4.78, 5) is 9.32. The van der Waals surface area contributed by atoms with E-state index in [0.717, 1.165) is 0 Å². The quantitative estimate of drug-likeness (QED) is 0.432. The standard InChI is InChI=1S/C2H4O2/c1-2(3)4/h1H3,(H,3,4)/i1D2. The van der Waals surface area contributed by atoms with Crippen molar-refractivity contribution in [1.29, 1.82) is 0 Å². The van der Waals surface area contributed by atoms with Crippen LogP contribution >= 0.6 is 0 Å². The van der Waals surface area contributed by atoms with Gasteiger partial charge in [-0.3, -0.25) is 4.79 Å². The van der Waals surface area contributed by atoms with Gasteiger partial charge in [-0.1, -0.05) is 0 Å². The number of hydrogen-bond acceptors (Lipinski definition) is 1. The van der Waals surface area contributed by atoms with Gasteiger partial charge in [0.2, 0.25) is 0 Å². The number of aliphatic carboxylic acids is 1. The Morgan fingerprint density at radius 1 is 2.50 bits per heavy atom. The maximum absolute atomic E-state index is 9.32. The molecule has 0 aromatic heterocycles. The molecule has 0 spiro atoms. The molecule has 0 bridgehead atoms. The summed E-state index contributed by atoms with van der Waals surface area (Å²) in [6.45, 7) is -1.73. The molecule has 0 amide bonds. The van der Waals surface area contributed by atoms with Crippen LogP contribution in [0.4, 0.5) is 0 Å². The molecule has 0 saturated heterocycles. The molecular weight excluding hydrogens is 56.0 g/mol. The molecule has 0 unspecified atom stereocenters. The fourth-order valence-corrected chi connectivity index (χ4v) is 0. The van der Waals surface area contributed by atoms with E-state index in [-0.39, 0.29) is 0 Å². The maximum atomic E-state index is 9.32. The van der Waals surface area contributed by atoms with Crippen molar-refractivity contribution in [2.45, 2.75) is 6.88 Å². The highest BCUT2D eigenvalue weighted by atomic mass is 16.4. The smallest absolute Gasteiger partial charge is 0.300 e. The van der Waals surface area contributed by atoms with Gasteiger partial charge in [0.25, 0.3) is 5.97 Å². The Hall–Kier alpha value is -0.530. The molecule has 0 fully saturated rings. The molecule has 4 heavy (non-hydrogen) atoms. The topological polar surface area (TPSA) is 37.3 Å². The molecule has 1 N–H and O–H groups in total. The van der Waals surface area contributed by atoms with Crippen molar-refractivity contribution in [3.05, 3.63) is 0 Å². The van der Waals surface area contributed by atoms with E-state index >= 15 is 0 Å². The summed E-state index contributed by atoms with van der Waals surface area (Å²) >= 11 is 0. The van der Waals surface area contributed by atoms with Crippen LogP contribution in [-0.2, 0) is 4.79 Å². The lowest BCUT2D eigenvalue weighted by Gasteiger charge is -1.59. The summed E-state index contributed by atoms with van der Waals surface area (Å²) in [5.74, 6) is -1.41. The zero-order valence-corrected chi connectivity index (χ0v) is 1.93. The Morgan fingerprint density at radius 3 is 2.75 bits per heavy atom. The van der Waals surface area contributed by atoms with Gasteiger partial charge in [0.1, 0.15) is 0 Å². The largest absolute Gasteiger partial charge is 0.481 e. The molecule has 0 atom stereocenters. The molecule has 2 nitrogen and oxygen atoms in total. The molecular formula is C2H4O2. The van der Waals surface area contributed by atoms with Gasteiger partial charge in [-0.2, -0.15) is 0 Å². The van der Waals surface area contributed by atoms with Crippen LogP contribution < -0.4 is 0 Å². The first kappa shape index (κ1) is 1.06. The normalized spacial score (nSPS) is 14.2. The van der Waals surface area contributed by atoms with Crippen LogP contribution in [0.1, 0.15) is 9.62 Å². The second kappa shape index (κ2) is 0.875. The highest BCUT2D eigenvalue weighted by Crippen LogP contribution is 1.42. The predicted octanol–water partition coefficient (Wildman–Crippen LogP) is 0.0909. The zero-order valence-electron chi connectivity index (χ0n) is 3.93. The number of hydrogen-bond donors (Lipinski definition) is 1. The van der Waals surface area contributed by atoms with Gasteiger partial charge in [0.15, 0.2) is 0 Å². The lowest BCUT2D eigenvalue weighted by Crippen LogP contribution is -1.78. The molecule has 0 aromatic rings. The molecule has 0 heterocycles.